The van der Waals surface area contributed by atoms with Crippen molar-refractivity contribution in [2.24, 2.45) is 11.3 Å². The highest BCUT2D eigenvalue weighted by molar-refractivity contribution is 5.99. The Kier molecular flexibility index (Phi) is 11.3. The van der Waals surface area contributed by atoms with E-state index in [1.807, 2.05) is 10.2 Å². The van der Waals surface area contributed by atoms with Gasteiger partial charge in [-0.05, 0) is 79.8 Å². The fourth-order valence-corrected chi connectivity index (χ4v) is 7.07. The molecule has 2 aliphatic heterocycles. The second-order valence-corrected chi connectivity index (χ2v) is 13.3. The lowest BCUT2D eigenvalue weighted by atomic mass is 9.76. The molecule has 52 heavy (non-hydrogen) atoms. The molecule has 8 nitrogen and oxygen atoms in total. The van der Waals surface area contributed by atoms with Crippen LogP contribution < -0.4 is 10.1 Å². The fourth-order valence-electron chi connectivity index (χ4n) is 7.07. The van der Waals surface area contributed by atoms with E-state index in [4.69, 9.17) is 4.74 Å². The number of ether oxygens (including phenoxy) is 1. The number of carboxylic acids is 1. The van der Waals surface area contributed by atoms with Crippen LogP contribution >= 0.6 is 0 Å². The van der Waals surface area contributed by atoms with E-state index in [1.54, 1.807) is 48.7 Å². The zero-order valence-corrected chi connectivity index (χ0v) is 28.0. The second-order valence-electron chi connectivity index (χ2n) is 13.3. The molecular formula is C35H37F9N4O4. The second kappa shape index (κ2) is 15.1. The number of hydrogen-bond donors (Lipinski definition) is 2. The fraction of sp³-hybridized carbons (Fsp3) is 0.514. The average molecular weight is 749 g/mol. The highest BCUT2D eigenvalue weighted by Crippen LogP contribution is 2.47. The van der Waals surface area contributed by atoms with E-state index in [2.05, 4.69) is 4.98 Å². The molecule has 2 aromatic carbocycles. The third-order valence-corrected chi connectivity index (χ3v) is 9.97. The van der Waals surface area contributed by atoms with Gasteiger partial charge in [0.05, 0.1) is 19.6 Å². The first-order chi connectivity index (χ1) is 24.3. The Labute approximate surface area is 292 Å². The number of nitrogens with zero attached hydrogens (tertiary/aromatic N) is 3. The van der Waals surface area contributed by atoms with E-state index < -0.39 is 86.7 Å². The average Bonchev–Trinajstić information content (AvgIpc) is 3.06. The predicted molar refractivity (Wildman–Crippen MR) is 171 cm³/mol. The molecule has 2 fully saturated rings. The maximum Gasteiger partial charge on any atom is 0.403 e. The van der Waals surface area contributed by atoms with E-state index in [0.29, 0.717) is 39.9 Å². The van der Waals surface area contributed by atoms with Crippen LogP contribution in [-0.2, 0) is 22.6 Å². The van der Waals surface area contributed by atoms with Crippen molar-refractivity contribution in [1.82, 2.24) is 20.1 Å². The minimum atomic E-state index is -5.15. The van der Waals surface area contributed by atoms with Gasteiger partial charge in [-0.25, -0.2) is 4.79 Å². The Morgan fingerprint density at radius 1 is 0.942 bits per heavy atom. The maximum absolute atomic E-state index is 14.4. The standard InChI is InChI=1S/C35H37F9N4O4/c1-52-28-16-21(19-47-12-8-23(9-13-47)34(39,40)41)18-45-29(28)26-7-3-5-24-22(4-2-6-25(24)26)17-27(30(49)50)46-31(51)32(35(42,43)44)10-14-48(15-11-32)20-33(36,37)38/h2-7,16,18,23,27H,8-15,17,19-20H2,1H3,(H,46,51)(H,49,50)/t27-/m0/s1. The van der Waals surface area contributed by atoms with Crippen molar-refractivity contribution < 1.29 is 58.9 Å². The SMILES string of the molecule is COc1cc(CN2CCC(C(F)(F)F)CC2)cnc1-c1cccc2c(C[C@H](NC(=O)C3(C(F)(F)F)CCN(CC(F)(F)F)CC3)C(=O)O)cccc12. The Bertz CT molecular complexity index is 1750. The van der Waals surface area contributed by atoms with Crippen molar-refractivity contribution in [3.05, 3.63) is 59.8 Å². The van der Waals surface area contributed by atoms with E-state index in [9.17, 15) is 54.2 Å². The number of amides is 1. The van der Waals surface area contributed by atoms with Gasteiger partial charge < -0.3 is 15.2 Å². The van der Waals surface area contributed by atoms with Gasteiger partial charge in [0.2, 0.25) is 5.91 Å². The number of aliphatic carboxylic acids is 1. The van der Waals surface area contributed by atoms with Crippen molar-refractivity contribution in [2.45, 2.75) is 63.2 Å². The molecule has 0 bridgehead atoms. The van der Waals surface area contributed by atoms with Crippen LogP contribution in [0, 0.1) is 11.3 Å². The Hall–Kier alpha value is -4.12. The third-order valence-electron chi connectivity index (χ3n) is 9.97. The highest BCUT2D eigenvalue weighted by atomic mass is 19.4. The molecule has 0 radical (unpaired) electrons. The summed E-state index contributed by atoms with van der Waals surface area (Å²) in [4.78, 5) is 32.8. The van der Waals surface area contributed by atoms with E-state index in [-0.39, 0.29) is 25.9 Å². The molecule has 2 aliphatic rings. The van der Waals surface area contributed by atoms with Crippen LogP contribution in [0.4, 0.5) is 39.5 Å². The molecule has 0 aliphatic carbocycles. The van der Waals surface area contributed by atoms with Gasteiger partial charge in [0.25, 0.3) is 0 Å². The molecule has 0 unspecified atom stereocenters. The van der Waals surface area contributed by atoms with Crippen molar-refractivity contribution in [3.63, 3.8) is 0 Å². The van der Waals surface area contributed by atoms with Crippen molar-refractivity contribution in [2.75, 3.05) is 39.8 Å². The van der Waals surface area contributed by atoms with Gasteiger partial charge in [-0.15, -0.1) is 0 Å². The smallest absolute Gasteiger partial charge is 0.403 e. The molecule has 0 saturated carbocycles. The summed E-state index contributed by atoms with van der Waals surface area (Å²) in [5.74, 6) is -4.17. The van der Waals surface area contributed by atoms with E-state index in [0.717, 1.165) is 10.5 Å². The monoisotopic (exact) mass is 748 g/mol. The molecule has 3 aromatic rings. The van der Waals surface area contributed by atoms with Crippen LogP contribution in [0.2, 0.25) is 0 Å². The number of carbonyl (C=O) groups excluding carboxylic acids is 1. The summed E-state index contributed by atoms with van der Waals surface area (Å²) in [6.45, 7) is -1.84. The van der Waals surface area contributed by atoms with E-state index in [1.165, 1.54) is 7.11 Å². The number of rotatable bonds is 10. The van der Waals surface area contributed by atoms with Crippen LogP contribution in [0.1, 0.15) is 36.8 Å². The molecule has 3 heterocycles. The van der Waals surface area contributed by atoms with Gasteiger partial charge in [-0.1, -0.05) is 36.4 Å². The number of aromatic nitrogens is 1. The van der Waals surface area contributed by atoms with Crippen molar-refractivity contribution >= 4 is 22.6 Å². The first kappa shape index (κ1) is 39.1. The third kappa shape index (κ3) is 8.73. The normalized spacial score (nSPS) is 18.7. The number of nitrogens with one attached hydrogen (secondary N) is 1. The number of methoxy groups -OCH3 is 1. The summed E-state index contributed by atoms with van der Waals surface area (Å²) in [6.07, 6.45) is -14.8. The van der Waals surface area contributed by atoms with Gasteiger partial charge in [0.1, 0.15) is 22.9 Å². The number of hydrogen-bond acceptors (Lipinski definition) is 6. The molecule has 2 N–H and O–H groups in total. The Balaban J connectivity index is 1.36. The number of carboxylic acid groups (broad SMARTS) is 1. The molecule has 2 saturated heterocycles. The molecule has 1 amide bonds. The summed E-state index contributed by atoms with van der Waals surface area (Å²) in [5, 5.41) is 13.1. The molecule has 284 valence electrons. The number of pyridine rings is 1. The minimum absolute atomic E-state index is 0.00417. The van der Waals surface area contributed by atoms with Gasteiger partial charge in [-0.3, -0.25) is 19.6 Å². The molecule has 0 spiro atoms. The first-order valence-electron chi connectivity index (χ1n) is 16.5. The summed E-state index contributed by atoms with van der Waals surface area (Å²) in [6, 6.07) is 9.93. The number of likely N-dealkylation sites (tertiary alicyclic amines) is 2. The zero-order valence-electron chi connectivity index (χ0n) is 28.0. The quantitative estimate of drug-likeness (QED) is 0.216. The molecule has 1 aromatic heterocycles. The number of fused-ring (bicyclic) bond motifs is 1. The molecule has 5 rings (SSSR count). The lowest BCUT2D eigenvalue weighted by molar-refractivity contribution is -0.236. The van der Waals surface area contributed by atoms with Crippen LogP contribution in [0.25, 0.3) is 22.0 Å². The molecular weight excluding hydrogens is 711 g/mol. The number of piperidine rings is 2. The lowest BCUT2D eigenvalue weighted by Gasteiger charge is -2.42. The predicted octanol–water partition coefficient (Wildman–Crippen LogP) is 7.00. The summed E-state index contributed by atoms with van der Waals surface area (Å²) < 4.78 is 127. The summed E-state index contributed by atoms with van der Waals surface area (Å²) in [7, 11) is 1.43. The Morgan fingerprint density at radius 2 is 1.58 bits per heavy atom. The van der Waals surface area contributed by atoms with E-state index >= 15 is 0 Å². The number of halogens is 9. The van der Waals surface area contributed by atoms with Crippen LogP contribution in [0.3, 0.4) is 0 Å². The van der Waals surface area contributed by atoms with Crippen molar-refractivity contribution in [1.29, 1.82) is 0 Å². The lowest BCUT2D eigenvalue weighted by Crippen LogP contribution is -2.59. The molecule has 1 atom stereocenters. The minimum Gasteiger partial charge on any atom is -0.494 e. The Morgan fingerprint density at radius 3 is 2.15 bits per heavy atom. The number of carbonyl (C=O) groups is 2. The van der Waals surface area contributed by atoms with Gasteiger partial charge >= 0.3 is 24.5 Å². The highest BCUT2D eigenvalue weighted by Gasteiger charge is 2.61. The van der Waals surface area contributed by atoms with Gasteiger partial charge in [0.15, 0.2) is 0 Å². The zero-order chi connectivity index (χ0) is 38.1. The largest absolute Gasteiger partial charge is 0.494 e. The van der Waals surface area contributed by atoms with Crippen LogP contribution in [-0.4, -0.2) is 96.2 Å². The first-order valence-corrected chi connectivity index (χ1v) is 16.5. The van der Waals surface area contributed by atoms with Crippen LogP contribution in [0.15, 0.2) is 48.7 Å². The number of alkyl halides is 9. The number of benzene rings is 2. The summed E-state index contributed by atoms with van der Waals surface area (Å²) >= 11 is 0. The molecule has 17 heteroatoms. The topological polar surface area (TPSA) is 95.0 Å². The van der Waals surface area contributed by atoms with Gasteiger partial charge in [0, 0.05) is 24.7 Å². The van der Waals surface area contributed by atoms with Gasteiger partial charge in [-0.2, -0.15) is 39.5 Å². The van der Waals surface area contributed by atoms with Crippen LogP contribution in [0.5, 0.6) is 5.75 Å². The van der Waals surface area contributed by atoms with Crippen molar-refractivity contribution in [3.8, 4) is 17.0 Å². The maximum atomic E-state index is 14.4. The summed E-state index contributed by atoms with van der Waals surface area (Å²) in [5.41, 5.74) is -0.980.